The van der Waals surface area contributed by atoms with E-state index in [1.54, 1.807) is 12.1 Å². The highest BCUT2D eigenvalue weighted by molar-refractivity contribution is 6.31. The Morgan fingerprint density at radius 3 is 2.71 bits per heavy atom. The number of rotatable bonds is 6. The lowest BCUT2D eigenvalue weighted by Crippen LogP contribution is -2.35. The lowest BCUT2D eigenvalue weighted by Gasteiger charge is -2.29. The number of nitriles is 1. The molecule has 1 aromatic rings. The molecular formula is C17H23ClN2O. The third kappa shape index (κ3) is 5.00. The first-order chi connectivity index (χ1) is 10.2. The van der Waals surface area contributed by atoms with Crippen molar-refractivity contribution in [3.63, 3.8) is 0 Å². The predicted octanol–water partition coefficient (Wildman–Crippen LogP) is 4.04. The van der Waals surface area contributed by atoms with Crippen LogP contribution in [0.15, 0.2) is 18.2 Å². The lowest BCUT2D eigenvalue weighted by atomic mass is 9.93. The Hall–Kier alpha value is -1.08. The van der Waals surface area contributed by atoms with Gasteiger partial charge < -0.3 is 10.1 Å². The van der Waals surface area contributed by atoms with E-state index in [1.165, 1.54) is 19.3 Å². The van der Waals surface area contributed by atoms with Gasteiger partial charge in [0.25, 0.3) is 0 Å². The Bertz CT molecular complexity index is 490. The molecule has 3 nitrogen and oxygen atoms in total. The lowest BCUT2D eigenvalue weighted by molar-refractivity contribution is 0.0114. The molecule has 21 heavy (non-hydrogen) atoms. The molecule has 0 aliphatic heterocycles. The van der Waals surface area contributed by atoms with E-state index in [0.717, 1.165) is 24.9 Å². The minimum absolute atomic E-state index is 0.330. The molecule has 0 unspecified atom stereocenters. The summed E-state index contributed by atoms with van der Waals surface area (Å²) in [5.41, 5.74) is 1.55. The first kappa shape index (κ1) is 16.3. The van der Waals surface area contributed by atoms with E-state index in [2.05, 4.69) is 18.3 Å². The van der Waals surface area contributed by atoms with Crippen molar-refractivity contribution >= 4 is 11.6 Å². The summed E-state index contributed by atoms with van der Waals surface area (Å²) in [4.78, 5) is 0. The molecule has 0 bridgehead atoms. The van der Waals surface area contributed by atoms with Crippen molar-refractivity contribution in [2.45, 2.75) is 57.8 Å². The minimum atomic E-state index is 0.330. The maximum absolute atomic E-state index is 8.83. The van der Waals surface area contributed by atoms with Crippen LogP contribution in [0.3, 0.4) is 0 Å². The summed E-state index contributed by atoms with van der Waals surface area (Å²) in [6.45, 7) is 3.84. The van der Waals surface area contributed by atoms with Crippen LogP contribution in [0, 0.1) is 11.3 Å². The molecule has 0 spiro atoms. The van der Waals surface area contributed by atoms with Crippen LogP contribution in [0.5, 0.6) is 0 Å². The third-order valence-corrected chi connectivity index (χ3v) is 4.37. The first-order valence-corrected chi connectivity index (χ1v) is 8.14. The fourth-order valence-corrected chi connectivity index (χ4v) is 2.96. The highest BCUT2D eigenvalue weighted by Crippen LogP contribution is 2.24. The predicted molar refractivity (Wildman–Crippen MR) is 85.3 cm³/mol. The van der Waals surface area contributed by atoms with Gasteiger partial charge in [-0.15, -0.1) is 0 Å². The summed E-state index contributed by atoms with van der Waals surface area (Å²) in [5.74, 6) is 0. The fourth-order valence-electron chi connectivity index (χ4n) is 2.72. The normalized spacial score (nSPS) is 22.0. The number of ether oxygens (including phenoxy) is 1. The molecule has 1 saturated carbocycles. The maximum Gasteiger partial charge on any atom is 0.0992 e. The average molecular weight is 307 g/mol. The molecule has 0 radical (unpaired) electrons. The van der Waals surface area contributed by atoms with Gasteiger partial charge in [-0.3, -0.25) is 0 Å². The molecule has 0 saturated heterocycles. The SMILES string of the molecule is CCCNC1CCC(OCc2ccc(C#N)cc2Cl)CC1. The van der Waals surface area contributed by atoms with Crippen LogP contribution in [0.25, 0.3) is 0 Å². The van der Waals surface area contributed by atoms with Crippen LogP contribution in [0.1, 0.15) is 50.2 Å². The Morgan fingerprint density at radius 2 is 2.10 bits per heavy atom. The van der Waals surface area contributed by atoms with Crippen LogP contribution in [0.4, 0.5) is 0 Å². The van der Waals surface area contributed by atoms with Crippen LogP contribution in [-0.4, -0.2) is 18.7 Å². The second-order valence-electron chi connectivity index (χ2n) is 5.66. The van der Waals surface area contributed by atoms with Gasteiger partial charge in [0.1, 0.15) is 0 Å². The summed E-state index contributed by atoms with van der Waals surface area (Å²) in [7, 11) is 0. The molecule has 1 fully saturated rings. The number of halogens is 1. The Kier molecular flexibility index (Phi) is 6.50. The van der Waals surface area contributed by atoms with Crippen molar-refractivity contribution < 1.29 is 4.74 Å². The van der Waals surface area contributed by atoms with Gasteiger partial charge in [0.15, 0.2) is 0 Å². The van der Waals surface area contributed by atoms with Crippen molar-refractivity contribution in [3.8, 4) is 6.07 Å². The van der Waals surface area contributed by atoms with Gasteiger partial charge in [0, 0.05) is 11.1 Å². The highest BCUT2D eigenvalue weighted by Gasteiger charge is 2.21. The highest BCUT2D eigenvalue weighted by atomic mass is 35.5. The summed E-state index contributed by atoms with van der Waals surface area (Å²) < 4.78 is 5.98. The molecule has 0 heterocycles. The summed E-state index contributed by atoms with van der Waals surface area (Å²) >= 11 is 6.17. The monoisotopic (exact) mass is 306 g/mol. The molecule has 1 aliphatic rings. The minimum Gasteiger partial charge on any atom is -0.373 e. The van der Waals surface area contributed by atoms with Crippen LogP contribution >= 0.6 is 11.6 Å². The fraction of sp³-hybridized carbons (Fsp3) is 0.588. The third-order valence-electron chi connectivity index (χ3n) is 4.01. The summed E-state index contributed by atoms with van der Waals surface area (Å²) in [6, 6.07) is 8.12. The Balaban J connectivity index is 1.76. The number of benzene rings is 1. The zero-order valence-corrected chi connectivity index (χ0v) is 13.3. The van der Waals surface area contributed by atoms with Gasteiger partial charge in [-0.1, -0.05) is 24.6 Å². The van der Waals surface area contributed by atoms with E-state index < -0.39 is 0 Å². The van der Waals surface area contributed by atoms with Crippen molar-refractivity contribution in [3.05, 3.63) is 34.3 Å². The molecule has 0 atom stereocenters. The second kappa shape index (κ2) is 8.38. The van der Waals surface area contributed by atoms with Gasteiger partial charge in [0.05, 0.1) is 24.3 Å². The summed E-state index contributed by atoms with van der Waals surface area (Å²) in [5, 5.41) is 13.0. The van der Waals surface area contributed by atoms with Gasteiger partial charge in [-0.05, 0) is 56.3 Å². The van der Waals surface area contributed by atoms with Crippen LogP contribution < -0.4 is 5.32 Å². The zero-order chi connectivity index (χ0) is 15.1. The molecule has 1 N–H and O–H groups in total. The van der Waals surface area contributed by atoms with Crippen molar-refractivity contribution in [2.24, 2.45) is 0 Å². The largest absolute Gasteiger partial charge is 0.373 e. The molecule has 1 aromatic carbocycles. The smallest absolute Gasteiger partial charge is 0.0992 e. The molecule has 4 heteroatoms. The van der Waals surface area contributed by atoms with Gasteiger partial charge >= 0.3 is 0 Å². The number of hydrogen-bond acceptors (Lipinski definition) is 3. The number of nitrogens with zero attached hydrogens (tertiary/aromatic N) is 1. The van der Waals surface area contributed by atoms with E-state index in [1.807, 2.05) is 6.07 Å². The van der Waals surface area contributed by atoms with E-state index >= 15 is 0 Å². The van der Waals surface area contributed by atoms with Crippen molar-refractivity contribution in [1.82, 2.24) is 5.32 Å². The van der Waals surface area contributed by atoms with E-state index in [-0.39, 0.29) is 0 Å². The van der Waals surface area contributed by atoms with E-state index in [4.69, 9.17) is 21.6 Å². The van der Waals surface area contributed by atoms with E-state index in [0.29, 0.717) is 29.3 Å². The quantitative estimate of drug-likeness (QED) is 0.862. The number of hydrogen-bond donors (Lipinski definition) is 1. The van der Waals surface area contributed by atoms with Crippen LogP contribution in [0.2, 0.25) is 5.02 Å². The zero-order valence-electron chi connectivity index (χ0n) is 12.6. The van der Waals surface area contributed by atoms with Crippen LogP contribution in [-0.2, 0) is 11.3 Å². The van der Waals surface area contributed by atoms with Gasteiger partial charge in [0.2, 0.25) is 0 Å². The molecule has 1 aliphatic carbocycles. The van der Waals surface area contributed by atoms with E-state index in [9.17, 15) is 0 Å². The molecule has 114 valence electrons. The number of nitrogens with one attached hydrogen (secondary N) is 1. The topological polar surface area (TPSA) is 45.0 Å². The van der Waals surface area contributed by atoms with Gasteiger partial charge in [-0.25, -0.2) is 0 Å². The first-order valence-electron chi connectivity index (χ1n) is 7.76. The average Bonchev–Trinajstić information content (AvgIpc) is 2.52. The molecular weight excluding hydrogens is 284 g/mol. The molecule has 0 aromatic heterocycles. The Labute approximate surface area is 132 Å². The second-order valence-corrected chi connectivity index (χ2v) is 6.06. The molecule has 0 amide bonds. The molecule has 2 rings (SSSR count). The van der Waals surface area contributed by atoms with Gasteiger partial charge in [-0.2, -0.15) is 5.26 Å². The van der Waals surface area contributed by atoms with Crippen molar-refractivity contribution in [2.75, 3.05) is 6.54 Å². The van der Waals surface area contributed by atoms with Crippen molar-refractivity contribution in [1.29, 1.82) is 5.26 Å². The standard InChI is InChI=1S/C17H23ClN2O/c1-2-9-20-15-5-7-16(8-6-15)21-12-14-4-3-13(11-19)10-17(14)18/h3-4,10,15-16,20H,2,5-9,12H2,1H3. The Morgan fingerprint density at radius 1 is 1.33 bits per heavy atom. The summed E-state index contributed by atoms with van der Waals surface area (Å²) in [6.07, 6.45) is 6.10. The maximum atomic E-state index is 8.83.